The third-order valence-corrected chi connectivity index (χ3v) is 2.84. The maximum Gasteiger partial charge on any atom is 0.190 e. The Morgan fingerprint density at radius 2 is 2.12 bits per heavy atom. The number of benzene rings is 1. The van der Waals surface area contributed by atoms with Gasteiger partial charge in [-0.25, -0.2) is 4.39 Å². The van der Waals surface area contributed by atoms with Crippen LogP contribution in [0.2, 0.25) is 0 Å². The number of carbonyl (C=O) groups excluding carboxylic acids is 1. The number of rotatable bonds is 2. The zero-order chi connectivity index (χ0) is 11.5. The molecule has 0 aliphatic heterocycles. The number of nitrogens with two attached hydrogens (primary N) is 1. The molecule has 0 radical (unpaired) electrons. The average Bonchev–Trinajstić information content (AvgIpc) is 2.29. The molecule has 0 atom stereocenters. The van der Waals surface area contributed by atoms with Gasteiger partial charge in [0.2, 0.25) is 0 Å². The number of hydrogen-bond acceptors (Lipinski definition) is 2. The Morgan fingerprint density at radius 1 is 1.31 bits per heavy atom. The van der Waals surface area contributed by atoms with E-state index < -0.39 is 5.82 Å². The predicted molar refractivity (Wildman–Crippen MR) is 61.7 cm³/mol. The van der Waals surface area contributed by atoms with Crippen LogP contribution in [0.4, 0.5) is 10.1 Å². The summed E-state index contributed by atoms with van der Waals surface area (Å²) in [6, 6.07) is 3.92. The number of anilines is 1. The molecular formula is C13H14FNO. The number of carbonyl (C=O) groups is 1. The molecular weight excluding hydrogens is 205 g/mol. The van der Waals surface area contributed by atoms with E-state index in [9.17, 15) is 9.18 Å². The predicted octanol–water partition coefficient (Wildman–Crippen LogP) is 3.09. The maximum absolute atomic E-state index is 12.8. The molecule has 1 aliphatic rings. The minimum atomic E-state index is -0.410. The zero-order valence-electron chi connectivity index (χ0n) is 9.00. The largest absolute Gasteiger partial charge is 0.398 e. The highest BCUT2D eigenvalue weighted by Gasteiger charge is 2.16. The Morgan fingerprint density at radius 3 is 2.75 bits per heavy atom. The topological polar surface area (TPSA) is 43.1 Å². The van der Waals surface area contributed by atoms with Crippen LogP contribution >= 0.6 is 0 Å². The number of ketones is 1. The van der Waals surface area contributed by atoms with Crippen molar-refractivity contribution in [2.24, 2.45) is 0 Å². The Balaban J connectivity index is 2.30. The van der Waals surface area contributed by atoms with Crippen molar-refractivity contribution in [2.45, 2.75) is 25.7 Å². The van der Waals surface area contributed by atoms with Gasteiger partial charge in [0, 0.05) is 11.3 Å². The van der Waals surface area contributed by atoms with Crippen molar-refractivity contribution in [3.8, 4) is 0 Å². The summed E-state index contributed by atoms with van der Waals surface area (Å²) >= 11 is 0. The van der Waals surface area contributed by atoms with Gasteiger partial charge in [-0.15, -0.1) is 0 Å². The first-order valence-corrected chi connectivity index (χ1v) is 5.47. The SMILES string of the molecule is Nc1cc(F)ccc1C(=O)C1=CCCCC1. The molecule has 2 N–H and O–H groups in total. The molecule has 1 aliphatic carbocycles. The number of nitrogen functional groups attached to an aromatic ring is 1. The lowest BCUT2D eigenvalue weighted by molar-refractivity contribution is 0.102. The standard InChI is InChI=1S/C13H14FNO/c14-10-6-7-11(12(15)8-10)13(16)9-4-2-1-3-5-9/h4,6-8H,1-3,5,15H2. The molecule has 0 fully saturated rings. The highest BCUT2D eigenvalue weighted by molar-refractivity contribution is 6.11. The summed E-state index contributed by atoms with van der Waals surface area (Å²) in [5.41, 5.74) is 7.08. The second-order valence-corrected chi connectivity index (χ2v) is 4.04. The van der Waals surface area contributed by atoms with Gasteiger partial charge in [-0.1, -0.05) is 6.08 Å². The molecule has 16 heavy (non-hydrogen) atoms. The lowest BCUT2D eigenvalue weighted by Gasteiger charge is -2.12. The van der Waals surface area contributed by atoms with Crippen LogP contribution < -0.4 is 5.73 Å². The summed E-state index contributed by atoms with van der Waals surface area (Å²) in [5.74, 6) is -0.469. The molecule has 0 aromatic heterocycles. The van der Waals surface area contributed by atoms with E-state index in [2.05, 4.69) is 0 Å². The molecule has 0 unspecified atom stereocenters. The molecule has 0 amide bonds. The van der Waals surface area contributed by atoms with E-state index in [1.807, 2.05) is 6.08 Å². The number of allylic oxidation sites excluding steroid dienone is 2. The van der Waals surface area contributed by atoms with E-state index in [0.29, 0.717) is 5.56 Å². The summed E-state index contributed by atoms with van der Waals surface area (Å²) in [6.07, 6.45) is 5.89. The minimum Gasteiger partial charge on any atom is -0.398 e. The van der Waals surface area contributed by atoms with Crippen molar-refractivity contribution in [1.82, 2.24) is 0 Å². The summed E-state index contributed by atoms with van der Waals surface area (Å²) in [6.45, 7) is 0. The highest BCUT2D eigenvalue weighted by Crippen LogP contribution is 2.24. The molecule has 2 nitrogen and oxygen atoms in total. The highest BCUT2D eigenvalue weighted by atomic mass is 19.1. The summed E-state index contributed by atoms with van der Waals surface area (Å²) in [7, 11) is 0. The summed E-state index contributed by atoms with van der Waals surface area (Å²) in [5, 5.41) is 0. The molecule has 0 bridgehead atoms. The van der Waals surface area contributed by atoms with E-state index in [1.165, 1.54) is 18.2 Å². The normalized spacial score (nSPS) is 15.7. The third-order valence-electron chi connectivity index (χ3n) is 2.84. The van der Waals surface area contributed by atoms with Gasteiger partial charge in [0.05, 0.1) is 0 Å². The molecule has 0 spiro atoms. The monoisotopic (exact) mass is 219 g/mol. The van der Waals surface area contributed by atoms with Gasteiger partial charge in [0.1, 0.15) is 5.82 Å². The van der Waals surface area contributed by atoms with Crippen LogP contribution in [0.5, 0.6) is 0 Å². The van der Waals surface area contributed by atoms with Crippen molar-refractivity contribution in [2.75, 3.05) is 5.73 Å². The van der Waals surface area contributed by atoms with Gasteiger partial charge in [-0.05, 0) is 49.5 Å². The van der Waals surface area contributed by atoms with Crippen LogP contribution in [0.1, 0.15) is 36.0 Å². The van der Waals surface area contributed by atoms with E-state index in [1.54, 1.807) is 0 Å². The van der Waals surface area contributed by atoms with E-state index in [-0.39, 0.29) is 11.5 Å². The van der Waals surface area contributed by atoms with Gasteiger partial charge >= 0.3 is 0 Å². The van der Waals surface area contributed by atoms with E-state index in [0.717, 1.165) is 31.3 Å². The van der Waals surface area contributed by atoms with Crippen LogP contribution in [0.15, 0.2) is 29.8 Å². The first-order valence-electron chi connectivity index (χ1n) is 5.47. The molecule has 0 saturated carbocycles. The second-order valence-electron chi connectivity index (χ2n) is 4.04. The second kappa shape index (κ2) is 4.47. The first-order chi connectivity index (χ1) is 7.68. The maximum atomic E-state index is 12.8. The van der Waals surface area contributed by atoms with Crippen LogP contribution in [0, 0.1) is 5.82 Å². The van der Waals surface area contributed by atoms with Crippen LogP contribution in [0.25, 0.3) is 0 Å². The number of Topliss-reactive ketones (excluding diaryl/α,β-unsaturated/α-hetero) is 1. The summed E-state index contributed by atoms with van der Waals surface area (Å²) in [4.78, 5) is 12.1. The third kappa shape index (κ3) is 2.13. The van der Waals surface area contributed by atoms with Crippen molar-refractivity contribution in [3.05, 3.63) is 41.2 Å². The molecule has 1 aromatic carbocycles. The van der Waals surface area contributed by atoms with Crippen molar-refractivity contribution in [3.63, 3.8) is 0 Å². The van der Waals surface area contributed by atoms with Crippen molar-refractivity contribution < 1.29 is 9.18 Å². The van der Waals surface area contributed by atoms with Gasteiger partial charge in [0.25, 0.3) is 0 Å². The van der Waals surface area contributed by atoms with Gasteiger partial charge < -0.3 is 5.73 Å². The van der Waals surface area contributed by atoms with Gasteiger partial charge in [0.15, 0.2) is 5.78 Å². The van der Waals surface area contributed by atoms with E-state index in [4.69, 9.17) is 5.73 Å². The lowest BCUT2D eigenvalue weighted by Crippen LogP contribution is -2.09. The summed E-state index contributed by atoms with van der Waals surface area (Å²) < 4.78 is 12.8. The quantitative estimate of drug-likeness (QED) is 0.613. The molecule has 0 saturated heterocycles. The van der Waals surface area contributed by atoms with E-state index >= 15 is 0 Å². The van der Waals surface area contributed by atoms with Gasteiger partial charge in [-0.3, -0.25) is 4.79 Å². The fraction of sp³-hybridized carbons (Fsp3) is 0.308. The van der Waals surface area contributed by atoms with Gasteiger partial charge in [-0.2, -0.15) is 0 Å². The smallest absolute Gasteiger partial charge is 0.190 e. The zero-order valence-corrected chi connectivity index (χ0v) is 9.00. The number of halogens is 1. The Hall–Kier alpha value is -1.64. The average molecular weight is 219 g/mol. The molecule has 3 heteroatoms. The van der Waals surface area contributed by atoms with Crippen molar-refractivity contribution in [1.29, 1.82) is 0 Å². The van der Waals surface area contributed by atoms with Crippen molar-refractivity contribution >= 4 is 11.5 Å². The van der Waals surface area contributed by atoms with Crippen LogP contribution in [0.3, 0.4) is 0 Å². The fourth-order valence-electron chi connectivity index (χ4n) is 1.96. The molecule has 1 aromatic rings. The fourth-order valence-corrected chi connectivity index (χ4v) is 1.96. The molecule has 2 rings (SSSR count). The Kier molecular flexibility index (Phi) is 3.04. The lowest BCUT2D eigenvalue weighted by atomic mass is 9.92. The Bertz CT molecular complexity index is 451. The minimum absolute atomic E-state index is 0.0581. The Labute approximate surface area is 94.0 Å². The molecule has 84 valence electrons. The number of hydrogen-bond donors (Lipinski definition) is 1. The van der Waals surface area contributed by atoms with Crippen LogP contribution in [-0.2, 0) is 0 Å². The van der Waals surface area contributed by atoms with Crippen LogP contribution in [-0.4, -0.2) is 5.78 Å². The molecule has 0 heterocycles. The first kappa shape index (κ1) is 10.9.